The van der Waals surface area contributed by atoms with Gasteiger partial charge in [-0.25, -0.2) is 14.6 Å². The Balaban J connectivity index is 1.49. The molecule has 4 rings (SSSR count). The zero-order valence-electron chi connectivity index (χ0n) is 15.4. The van der Waals surface area contributed by atoms with Crippen LogP contribution in [0.15, 0.2) is 43.1 Å². The lowest BCUT2D eigenvalue weighted by Crippen LogP contribution is -2.19. The predicted molar refractivity (Wildman–Crippen MR) is 99.4 cm³/mol. The molecule has 0 aliphatic rings. The first kappa shape index (κ1) is 17.5. The van der Waals surface area contributed by atoms with E-state index in [0.717, 1.165) is 5.56 Å². The van der Waals surface area contributed by atoms with Crippen molar-refractivity contribution >= 4 is 11.7 Å². The van der Waals surface area contributed by atoms with E-state index in [0.29, 0.717) is 29.7 Å². The van der Waals surface area contributed by atoms with Crippen LogP contribution in [0.4, 0.5) is 5.82 Å². The molecule has 4 aromatic heterocycles. The number of aryl methyl sites for hydroxylation is 2. The largest absolute Gasteiger partial charge is 0.306 e. The quantitative estimate of drug-likeness (QED) is 0.533. The van der Waals surface area contributed by atoms with Crippen molar-refractivity contribution in [2.45, 2.75) is 26.9 Å². The smallest absolute Gasteiger partial charge is 0.247 e. The standard InChI is InChI=1S/C17H18N10O/c1-3-27-20-9-15(24-27)23-17(28)11-25-10-13(8-19-25)14-7-16(22-12(2)21-14)26-6-4-5-18-26/h4-10H,3,11H2,1-2H3,(H,23,24,28). The summed E-state index contributed by atoms with van der Waals surface area (Å²) in [6, 6.07) is 3.65. The molecule has 1 amide bonds. The maximum absolute atomic E-state index is 12.2. The van der Waals surface area contributed by atoms with E-state index in [1.165, 1.54) is 11.0 Å². The Bertz CT molecular complexity index is 1100. The number of anilines is 1. The highest BCUT2D eigenvalue weighted by Crippen LogP contribution is 2.18. The predicted octanol–water partition coefficient (Wildman–Crippen LogP) is 1.08. The molecule has 11 nitrogen and oxygen atoms in total. The minimum absolute atomic E-state index is 0.0507. The van der Waals surface area contributed by atoms with Gasteiger partial charge in [0.1, 0.15) is 12.4 Å². The summed E-state index contributed by atoms with van der Waals surface area (Å²) in [5.74, 6) is 1.45. The number of amides is 1. The highest BCUT2D eigenvalue weighted by atomic mass is 16.2. The molecule has 1 N–H and O–H groups in total. The molecule has 142 valence electrons. The average molecular weight is 378 g/mol. The summed E-state index contributed by atoms with van der Waals surface area (Å²) in [6.45, 7) is 4.42. The van der Waals surface area contributed by atoms with E-state index < -0.39 is 0 Å². The van der Waals surface area contributed by atoms with E-state index in [1.807, 2.05) is 32.2 Å². The first-order chi connectivity index (χ1) is 13.6. The second-order valence-electron chi connectivity index (χ2n) is 6.00. The van der Waals surface area contributed by atoms with Gasteiger partial charge in [-0.2, -0.15) is 20.1 Å². The van der Waals surface area contributed by atoms with Gasteiger partial charge < -0.3 is 5.32 Å². The lowest BCUT2D eigenvalue weighted by molar-refractivity contribution is -0.116. The maximum atomic E-state index is 12.2. The van der Waals surface area contributed by atoms with Gasteiger partial charge in [0, 0.05) is 30.2 Å². The molecule has 11 heteroatoms. The highest BCUT2D eigenvalue weighted by Gasteiger charge is 2.11. The van der Waals surface area contributed by atoms with Gasteiger partial charge in [0.2, 0.25) is 5.91 Å². The number of rotatable bonds is 6. The minimum atomic E-state index is -0.242. The number of aromatic nitrogens is 9. The summed E-state index contributed by atoms with van der Waals surface area (Å²) in [5.41, 5.74) is 1.49. The van der Waals surface area contributed by atoms with E-state index in [4.69, 9.17) is 0 Å². The van der Waals surface area contributed by atoms with Gasteiger partial charge in [0.05, 0.1) is 24.6 Å². The Kier molecular flexibility index (Phi) is 4.62. The number of nitrogens with one attached hydrogen (secondary N) is 1. The SMILES string of the molecule is CCn1ncc(NC(=O)Cn2cc(-c3cc(-n4cccn4)nc(C)n3)cn2)n1. The van der Waals surface area contributed by atoms with Crippen LogP contribution in [0.1, 0.15) is 12.7 Å². The number of hydrogen-bond donors (Lipinski definition) is 1. The van der Waals surface area contributed by atoms with Crippen LogP contribution in [0.25, 0.3) is 17.1 Å². The van der Waals surface area contributed by atoms with Crippen LogP contribution in [0.5, 0.6) is 0 Å². The van der Waals surface area contributed by atoms with Crippen molar-refractivity contribution in [1.29, 1.82) is 0 Å². The highest BCUT2D eigenvalue weighted by molar-refractivity contribution is 5.89. The van der Waals surface area contributed by atoms with E-state index in [2.05, 4.69) is 35.7 Å². The van der Waals surface area contributed by atoms with Gasteiger partial charge in [-0.05, 0) is 19.9 Å². The van der Waals surface area contributed by atoms with E-state index in [-0.39, 0.29) is 12.5 Å². The third-order valence-electron chi connectivity index (χ3n) is 3.88. The monoisotopic (exact) mass is 378 g/mol. The molecule has 0 saturated heterocycles. The second kappa shape index (κ2) is 7.39. The Hall–Kier alpha value is -3.89. The zero-order chi connectivity index (χ0) is 19.5. The number of hydrogen-bond acceptors (Lipinski definition) is 7. The first-order valence-electron chi connectivity index (χ1n) is 8.69. The summed E-state index contributed by atoms with van der Waals surface area (Å²) < 4.78 is 3.21. The van der Waals surface area contributed by atoms with E-state index >= 15 is 0 Å². The fourth-order valence-corrected chi connectivity index (χ4v) is 2.64. The van der Waals surface area contributed by atoms with Crippen molar-refractivity contribution in [3.63, 3.8) is 0 Å². The number of nitrogens with zero attached hydrogens (tertiary/aromatic N) is 9. The van der Waals surface area contributed by atoms with Gasteiger partial charge in [0.25, 0.3) is 0 Å². The van der Waals surface area contributed by atoms with E-state index in [1.54, 1.807) is 28.0 Å². The molecule has 0 bridgehead atoms. The van der Waals surface area contributed by atoms with Gasteiger partial charge in [-0.1, -0.05) is 0 Å². The third-order valence-corrected chi connectivity index (χ3v) is 3.88. The van der Waals surface area contributed by atoms with Crippen molar-refractivity contribution < 1.29 is 4.79 Å². The fourth-order valence-electron chi connectivity index (χ4n) is 2.64. The van der Waals surface area contributed by atoms with Crippen molar-refractivity contribution in [3.05, 3.63) is 48.9 Å². The Morgan fingerprint density at radius 3 is 2.82 bits per heavy atom. The van der Waals surface area contributed by atoms with Gasteiger partial charge in [0.15, 0.2) is 11.6 Å². The molecule has 0 fully saturated rings. The normalized spacial score (nSPS) is 10.9. The van der Waals surface area contributed by atoms with Crippen LogP contribution < -0.4 is 5.32 Å². The van der Waals surface area contributed by atoms with E-state index in [9.17, 15) is 4.79 Å². The molecule has 0 saturated carbocycles. The van der Waals surface area contributed by atoms with Crippen LogP contribution in [0.3, 0.4) is 0 Å². The molecule has 0 atom stereocenters. The van der Waals surface area contributed by atoms with Crippen LogP contribution in [-0.2, 0) is 17.9 Å². The zero-order valence-corrected chi connectivity index (χ0v) is 15.4. The molecule has 4 aromatic rings. The molecule has 0 unspecified atom stereocenters. The van der Waals surface area contributed by atoms with Crippen molar-refractivity contribution in [1.82, 2.24) is 44.5 Å². The van der Waals surface area contributed by atoms with Gasteiger partial charge >= 0.3 is 0 Å². The fraction of sp³-hybridized carbons (Fsp3) is 0.235. The lowest BCUT2D eigenvalue weighted by atomic mass is 10.2. The second-order valence-corrected chi connectivity index (χ2v) is 6.00. The Labute approximate surface area is 160 Å². The third kappa shape index (κ3) is 3.77. The first-order valence-corrected chi connectivity index (χ1v) is 8.69. The molecule has 0 aliphatic heterocycles. The Morgan fingerprint density at radius 1 is 1.18 bits per heavy atom. The molecule has 28 heavy (non-hydrogen) atoms. The summed E-state index contributed by atoms with van der Waals surface area (Å²) in [5, 5.41) is 19.3. The molecule has 0 aliphatic carbocycles. The molecule has 0 spiro atoms. The van der Waals surface area contributed by atoms with Crippen molar-refractivity contribution in [2.24, 2.45) is 0 Å². The number of carbonyl (C=O) groups is 1. The summed E-state index contributed by atoms with van der Waals surface area (Å²) >= 11 is 0. The average Bonchev–Trinajstić information content (AvgIpc) is 3.43. The van der Waals surface area contributed by atoms with Gasteiger partial charge in [-0.3, -0.25) is 9.48 Å². The Morgan fingerprint density at radius 2 is 2.07 bits per heavy atom. The van der Waals surface area contributed by atoms with Crippen LogP contribution in [0, 0.1) is 6.92 Å². The maximum Gasteiger partial charge on any atom is 0.247 e. The molecule has 0 radical (unpaired) electrons. The molecule has 4 heterocycles. The summed E-state index contributed by atoms with van der Waals surface area (Å²) in [7, 11) is 0. The van der Waals surface area contributed by atoms with Crippen molar-refractivity contribution in [2.75, 3.05) is 5.32 Å². The molecular weight excluding hydrogens is 360 g/mol. The summed E-state index contributed by atoms with van der Waals surface area (Å²) in [4.78, 5) is 22.6. The van der Waals surface area contributed by atoms with Crippen LogP contribution in [-0.4, -0.2) is 50.4 Å². The van der Waals surface area contributed by atoms with Crippen molar-refractivity contribution in [3.8, 4) is 17.1 Å². The topological polar surface area (TPSA) is 121 Å². The molecule has 0 aromatic carbocycles. The summed E-state index contributed by atoms with van der Waals surface area (Å²) in [6.07, 6.45) is 8.43. The molecular formula is C17H18N10O. The lowest BCUT2D eigenvalue weighted by Gasteiger charge is -2.04. The number of carbonyl (C=O) groups excluding carboxylic acids is 1. The van der Waals surface area contributed by atoms with Gasteiger partial charge in [-0.15, -0.1) is 5.10 Å². The van der Waals surface area contributed by atoms with Crippen LogP contribution in [0.2, 0.25) is 0 Å². The minimum Gasteiger partial charge on any atom is -0.306 e. The van der Waals surface area contributed by atoms with Crippen LogP contribution >= 0.6 is 0 Å².